The molecular weight excluding hydrogens is 408 g/mol. The second kappa shape index (κ2) is 15.7. The minimum absolute atomic E-state index is 0.719. The van der Waals surface area contributed by atoms with E-state index in [-0.39, 0.29) is 0 Å². The zero-order valence-electron chi connectivity index (χ0n) is 20.0. The number of para-hydroxylation sites is 2. The molecule has 0 radical (unpaired) electrons. The third-order valence-electron chi connectivity index (χ3n) is 4.52. The summed E-state index contributed by atoms with van der Waals surface area (Å²) >= 11 is 6.27. The molecule has 0 aromatic heterocycles. The van der Waals surface area contributed by atoms with Crippen molar-refractivity contribution >= 4 is 34.5 Å². The first kappa shape index (κ1) is 27.0. The molecule has 0 fully saturated rings. The summed E-state index contributed by atoms with van der Waals surface area (Å²) in [7, 11) is 1.71. The van der Waals surface area contributed by atoms with Gasteiger partial charge in [-0.15, -0.1) is 0 Å². The smallest absolute Gasteiger partial charge is 0.138 e. The van der Waals surface area contributed by atoms with Crippen molar-refractivity contribution in [2.24, 2.45) is 4.99 Å². The SMILES string of the molecule is CC.CCCOC.CCNCCN(CC)C1=Nc2ccccc2Nc2ccc(Cl)cc21. The molecule has 0 atom stereocenters. The van der Waals surface area contributed by atoms with E-state index in [4.69, 9.17) is 21.3 Å². The molecule has 0 aliphatic carbocycles. The van der Waals surface area contributed by atoms with E-state index in [1.54, 1.807) is 7.11 Å². The molecule has 0 unspecified atom stereocenters. The Hall–Kier alpha value is -2.08. The van der Waals surface area contributed by atoms with Crippen LogP contribution in [-0.4, -0.2) is 50.6 Å². The molecule has 5 nitrogen and oxygen atoms in total. The van der Waals surface area contributed by atoms with E-state index in [1.807, 2.05) is 50.2 Å². The lowest BCUT2D eigenvalue weighted by molar-refractivity contribution is 0.199. The first-order valence-corrected chi connectivity index (χ1v) is 11.7. The summed E-state index contributed by atoms with van der Waals surface area (Å²) in [6.07, 6.45) is 1.12. The maximum atomic E-state index is 6.27. The van der Waals surface area contributed by atoms with Crippen molar-refractivity contribution < 1.29 is 4.74 Å². The van der Waals surface area contributed by atoms with Crippen LogP contribution in [0.4, 0.5) is 17.1 Å². The fraction of sp³-hybridized carbons (Fsp3) is 0.480. The van der Waals surface area contributed by atoms with E-state index in [1.165, 1.54) is 0 Å². The van der Waals surface area contributed by atoms with Gasteiger partial charge in [0.25, 0.3) is 0 Å². The Bertz CT molecular complexity index is 793. The highest BCUT2D eigenvalue weighted by Gasteiger charge is 2.20. The van der Waals surface area contributed by atoms with Crippen molar-refractivity contribution in [2.45, 2.75) is 41.0 Å². The van der Waals surface area contributed by atoms with E-state index in [0.29, 0.717) is 0 Å². The number of aliphatic imine (C=N–C) groups is 1. The van der Waals surface area contributed by atoms with Crippen LogP contribution >= 0.6 is 11.6 Å². The van der Waals surface area contributed by atoms with Gasteiger partial charge < -0.3 is 20.3 Å². The van der Waals surface area contributed by atoms with Crippen LogP contribution in [0, 0.1) is 0 Å². The number of nitrogens with zero attached hydrogens (tertiary/aromatic N) is 2. The van der Waals surface area contributed by atoms with E-state index in [0.717, 1.165) is 72.7 Å². The van der Waals surface area contributed by atoms with Gasteiger partial charge >= 0.3 is 0 Å². The predicted octanol–water partition coefficient (Wildman–Crippen LogP) is 6.48. The maximum absolute atomic E-state index is 6.27. The van der Waals surface area contributed by atoms with Crippen molar-refractivity contribution in [1.82, 2.24) is 10.2 Å². The highest BCUT2D eigenvalue weighted by Crippen LogP contribution is 2.35. The molecule has 172 valence electrons. The van der Waals surface area contributed by atoms with Crippen LogP contribution in [0.1, 0.15) is 46.6 Å². The number of hydrogen-bond donors (Lipinski definition) is 2. The van der Waals surface area contributed by atoms with Gasteiger partial charge in [-0.1, -0.05) is 51.4 Å². The van der Waals surface area contributed by atoms with Crippen LogP contribution in [0.5, 0.6) is 0 Å². The fourth-order valence-electron chi connectivity index (χ4n) is 3.06. The lowest BCUT2D eigenvalue weighted by Crippen LogP contribution is -2.37. The molecule has 1 aliphatic rings. The van der Waals surface area contributed by atoms with Gasteiger partial charge in [-0.2, -0.15) is 0 Å². The zero-order chi connectivity index (χ0) is 23.1. The molecule has 0 saturated carbocycles. The van der Waals surface area contributed by atoms with Gasteiger partial charge in [0, 0.05) is 49.6 Å². The van der Waals surface area contributed by atoms with Gasteiger partial charge in [0.1, 0.15) is 5.84 Å². The fourth-order valence-corrected chi connectivity index (χ4v) is 3.23. The topological polar surface area (TPSA) is 48.9 Å². The first-order valence-electron chi connectivity index (χ1n) is 11.3. The average molecular weight is 447 g/mol. The molecular formula is C25H39ClN4O. The predicted molar refractivity (Wildman–Crippen MR) is 137 cm³/mol. The van der Waals surface area contributed by atoms with Gasteiger partial charge in [-0.3, -0.25) is 0 Å². The summed E-state index contributed by atoms with van der Waals surface area (Å²) in [5.41, 5.74) is 4.03. The van der Waals surface area contributed by atoms with Gasteiger partial charge in [0.05, 0.1) is 11.4 Å². The molecule has 0 amide bonds. The zero-order valence-corrected chi connectivity index (χ0v) is 20.7. The molecule has 2 aromatic rings. The molecule has 31 heavy (non-hydrogen) atoms. The number of benzene rings is 2. The lowest BCUT2D eigenvalue weighted by atomic mass is 10.1. The molecule has 0 spiro atoms. The van der Waals surface area contributed by atoms with E-state index in [9.17, 15) is 0 Å². The molecule has 2 aromatic carbocycles. The Labute approximate surface area is 193 Å². The number of hydrogen-bond acceptors (Lipinski definition) is 5. The molecule has 2 N–H and O–H groups in total. The molecule has 6 heteroatoms. The summed E-state index contributed by atoms with van der Waals surface area (Å²) < 4.78 is 4.69. The number of ether oxygens (including phenoxy) is 1. The molecule has 1 aliphatic heterocycles. The largest absolute Gasteiger partial charge is 0.385 e. The van der Waals surface area contributed by atoms with Crippen molar-refractivity contribution in [3.63, 3.8) is 0 Å². The normalized spacial score (nSPS) is 11.3. The summed E-state index contributed by atoms with van der Waals surface area (Å²) in [4.78, 5) is 7.26. The Morgan fingerprint density at radius 2 is 1.81 bits per heavy atom. The molecule has 0 saturated heterocycles. The number of nitrogens with one attached hydrogen (secondary N) is 2. The average Bonchev–Trinajstić information content (AvgIpc) is 2.96. The summed E-state index contributed by atoms with van der Waals surface area (Å²) in [5, 5.41) is 7.59. The molecule has 0 bridgehead atoms. The number of likely N-dealkylation sites (N-methyl/N-ethyl adjacent to an activating group) is 2. The Balaban J connectivity index is 0.000000605. The summed E-state index contributed by atoms with van der Waals surface area (Å²) in [6, 6.07) is 14.0. The molecule has 1 heterocycles. The number of amidine groups is 1. The second-order valence-electron chi connectivity index (χ2n) is 6.69. The van der Waals surface area contributed by atoms with Crippen LogP contribution < -0.4 is 10.6 Å². The van der Waals surface area contributed by atoms with Crippen molar-refractivity contribution in [2.75, 3.05) is 45.2 Å². The van der Waals surface area contributed by atoms with Crippen LogP contribution in [0.15, 0.2) is 47.5 Å². The minimum atomic E-state index is 0.719. The van der Waals surface area contributed by atoms with Gasteiger partial charge in [-0.05, 0) is 50.2 Å². The van der Waals surface area contributed by atoms with Crippen LogP contribution in [0.2, 0.25) is 5.02 Å². The summed E-state index contributed by atoms with van der Waals surface area (Å²) in [6.45, 7) is 14.9. The lowest BCUT2D eigenvalue weighted by Gasteiger charge is -2.25. The third-order valence-corrected chi connectivity index (χ3v) is 4.76. The van der Waals surface area contributed by atoms with E-state index >= 15 is 0 Å². The Morgan fingerprint density at radius 1 is 1.06 bits per heavy atom. The monoisotopic (exact) mass is 446 g/mol. The highest BCUT2D eigenvalue weighted by atomic mass is 35.5. The van der Waals surface area contributed by atoms with Gasteiger partial charge in [0.2, 0.25) is 0 Å². The number of halogens is 1. The Morgan fingerprint density at radius 3 is 2.42 bits per heavy atom. The van der Waals surface area contributed by atoms with Crippen molar-refractivity contribution in [3.8, 4) is 0 Å². The third kappa shape index (κ3) is 8.52. The maximum Gasteiger partial charge on any atom is 0.138 e. The minimum Gasteiger partial charge on any atom is -0.385 e. The van der Waals surface area contributed by atoms with Crippen LogP contribution in [-0.2, 0) is 4.74 Å². The standard InChI is InChI=1S/C19H23ClN4.C4H10O.C2H6/c1-3-21-11-12-24(4-2)19-15-13-14(20)9-10-16(15)22-17-7-5-6-8-18(17)23-19;1-3-4-5-2;1-2/h5-10,13,21-22H,3-4,11-12H2,1-2H3;3-4H2,1-2H3;1-2H3. The number of anilines is 2. The Kier molecular flexibility index (Phi) is 13.6. The van der Waals surface area contributed by atoms with Crippen molar-refractivity contribution in [1.29, 1.82) is 0 Å². The van der Waals surface area contributed by atoms with Crippen LogP contribution in [0.3, 0.4) is 0 Å². The van der Waals surface area contributed by atoms with Crippen LogP contribution in [0.25, 0.3) is 0 Å². The quantitative estimate of drug-likeness (QED) is 0.478. The number of methoxy groups -OCH3 is 1. The second-order valence-corrected chi connectivity index (χ2v) is 7.13. The van der Waals surface area contributed by atoms with Crippen molar-refractivity contribution in [3.05, 3.63) is 53.1 Å². The van der Waals surface area contributed by atoms with E-state index < -0.39 is 0 Å². The van der Waals surface area contributed by atoms with Gasteiger partial charge in [-0.25, -0.2) is 4.99 Å². The summed E-state index contributed by atoms with van der Waals surface area (Å²) in [5.74, 6) is 0.963. The first-order chi connectivity index (χ1) is 15.1. The van der Waals surface area contributed by atoms with Gasteiger partial charge in [0.15, 0.2) is 0 Å². The van der Waals surface area contributed by atoms with E-state index in [2.05, 4.69) is 42.4 Å². The molecule has 3 rings (SSSR count). The number of fused-ring (bicyclic) bond motifs is 2. The highest BCUT2D eigenvalue weighted by molar-refractivity contribution is 6.31. The number of rotatable bonds is 7.